The average molecular weight is 480 g/mol. The number of hydrogen-bond acceptors (Lipinski definition) is 1. The minimum atomic E-state index is -2.13. The molecule has 1 saturated carbocycles. The van der Waals surface area contributed by atoms with Crippen LogP contribution in [0.15, 0.2) is 91.0 Å². The van der Waals surface area contributed by atoms with Crippen LogP contribution in [0.1, 0.15) is 25.7 Å². The van der Waals surface area contributed by atoms with E-state index in [-0.39, 0.29) is 22.6 Å². The smallest absolute Gasteiger partial charge is 0.264 e. The van der Waals surface area contributed by atoms with Gasteiger partial charge in [-0.25, -0.2) is 0 Å². The maximum atomic E-state index is 13.9. The Kier molecular flexibility index (Phi) is 6.41. The second kappa shape index (κ2) is 9.04. The second-order valence-electron chi connectivity index (χ2n) is 8.15. The van der Waals surface area contributed by atoms with Crippen molar-refractivity contribution in [1.82, 2.24) is 4.90 Å². The van der Waals surface area contributed by atoms with Gasteiger partial charge in [-0.1, -0.05) is 54.6 Å². The van der Waals surface area contributed by atoms with Crippen LogP contribution in [-0.4, -0.2) is 29.1 Å². The van der Waals surface area contributed by atoms with Gasteiger partial charge in [0.15, 0.2) is 5.66 Å². The van der Waals surface area contributed by atoms with Gasteiger partial charge in [0.2, 0.25) is 0 Å². The maximum absolute atomic E-state index is 13.9. The van der Waals surface area contributed by atoms with E-state index in [1.54, 1.807) is 0 Å². The first-order chi connectivity index (χ1) is 14.3. The molecule has 1 unspecified atom stereocenters. The van der Waals surface area contributed by atoms with E-state index in [9.17, 15) is 4.79 Å². The Bertz CT molecular complexity index is 879. The standard InChI is InChI=1S/C26H27NOP.BrH/c28-26-25(17-10-20-27(26)21-18-19-21)29(22-11-4-1-5-12-22,23-13-6-2-7-14-23)24-15-8-3-9-16-24;/h1-9,11-16,21,25H,10,17-20H2;1H/q+1;/p-1. The number of likely N-dealkylation sites (tertiary alicyclic amines) is 1. The molecule has 1 amide bonds. The quantitative estimate of drug-likeness (QED) is 0.502. The van der Waals surface area contributed by atoms with Gasteiger partial charge in [0.25, 0.3) is 5.91 Å². The Morgan fingerprint density at radius 3 is 1.50 bits per heavy atom. The fourth-order valence-electron chi connectivity index (χ4n) is 4.96. The van der Waals surface area contributed by atoms with E-state index in [0.29, 0.717) is 11.9 Å². The number of halogens is 1. The molecule has 2 nitrogen and oxygen atoms in total. The third-order valence-electron chi connectivity index (χ3n) is 6.39. The van der Waals surface area contributed by atoms with Crippen molar-refractivity contribution in [3.63, 3.8) is 0 Å². The summed E-state index contributed by atoms with van der Waals surface area (Å²) in [5.74, 6) is 0.378. The first-order valence-electron chi connectivity index (χ1n) is 10.7. The molecular weight excluding hydrogens is 453 g/mol. The lowest BCUT2D eigenvalue weighted by molar-refractivity contribution is -0.133. The molecule has 3 aromatic carbocycles. The Labute approximate surface area is 190 Å². The minimum Gasteiger partial charge on any atom is -1.00 e. The molecule has 1 saturated heterocycles. The fraction of sp³-hybridized carbons (Fsp3) is 0.269. The van der Waals surface area contributed by atoms with E-state index in [1.165, 1.54) is 28.8 Å². The normalized spacial score (nSPS) is 19.3. The molecule has 1 heterocycles. The summed E-state index contributed by atoms with van der Waals surface area (Å²) in [7, 11) is -2.13. The molecule has 1 aliphatic heterocycles. The molecule has 2 aliphatic rings. The van der Waals surface area contributed by atoms with Crippen molar-refractivity contribution in [2.24, 2.45) is 0 Å². The second-order valence-corrected chi connectivity index (χ2v) is 11.8. The molecule has 2 fully saturated rings. The number of carbonyl (C=O) groups is 1. The van der Waals surface area contributed by atoms with Crippen molar-refractivity contribution in [3.8, 4) is 0 Å². The summed E-state index contributed by atoms with van der Waals surface area (Å²) in [4.78, 5) is 16.1. The van der Waals surface area contributed by atoms with Crippen LogP contribution in [0.2, 0.25) is 0 Å². The minimum absolute atomic E-state index is 0. The zero-order valence-electron chi connectivity index (χ0n) is 17.0. The van der Waals surface area contributed by atoms with Gasteiger partial charge >= 0.3 is 0 Å². The molecular formula is C26H27BrNOP. The molecule has 30 heavy (non-hydrogen) atoms. The number of amides is 1. The molecule has 1 aliphatic carbocycles. The molecule has 0 spiro atoms. The number of hydrogen-bond donors (Lipinski definition) is 0. The third kappa shape index (κ3) is 3.63. The lowest BCUT2D eigenvalue weighted by atomic mass is 10.1. The Hall–Kier alpha value is -1.96. The van der Waals surface area contributed by atoms with Crippen LogP contribution < -0.4 is 32.9 Å². The molecule has 0 N–H and O–H groups in total. The molecule has 154 valence electrons. The lowest BCUT2D eigenvalue weighted by Crippen LogP contribution is -3.00. The lowest BCUT2D eigenvalue weighted by Gasteiger charge is -2.39. The van der Waals surface area contributed by atoms with Gasteiger partial charge < -0.3 is 21.9 Å². The van der Waals surface area contributed by atoms with Crippen molar-refractivity contribution in [3.05, 3.63) is 91.0 Å². The summed E-state index contributed by atoms with van der Waals surface area (Å²) in [5.41, 5.74) is 0.0176. The van der Waals surface area contributed by atoms with Crippen molar-refractivity contribution >= 4 is 29.1 Å². The van der Waals surface area contributed by atoms with E-state index in [2.05, 4.69) is 95.9 Å². The highest BCUT2D eigenvalue weighted by Crippen LogP contribution is 2.62. The van der Waals surface area contributed by atoms with Crippen molar-refractivity contribution in [2.75, 3.05) is 6.54 Å². The summed E-state index contributed by atoms with van der Waals surface area (Å²) in [6.07, 6.45) is 4.41. The topological polar surface area (TPSA) is 20.3 Å². The van der Waals surface area contributed by atoms with Gasteiger partial charge in [-0.3, -0.25) is 4.79 Å². The van der Waals surface area contributed by atoms with Crippen LogP contribution in [0.25, 0.3) is 0 Å². The zero-order valence-corrected chi connectivity index (χ0v) is 19.5. The van der Waals surface area contributed by atoms with E-state index >= 15 is 0 Å². The van der Waals surface area contributed by atoms with E-state index in [4.69, 9.17) is 0 Å². The van der Waals surface area contributed by atoms with Crippen molar-refractivity contribution < 1.29 is 21.8 Å². The molecule has 0 aromatic heterocycles. The summed E-state index contributed by atoms with van der Waals surface area (Å²) < 4.78 is 0. The molecule has 3 aromatic rings. The van der Waals surface area contributed by atoms with Crippen LogP contribution in [-0.2, 0) is 4.79 Å². The highest BCUT2D eigenvalue weighted by molar-refractivity contribution is 7.96. The van der Waals surface area contributed by atoms with E-state index in [0.717, 1.165) is 19.4 Å². The Morgan fingerprint density at radius 1 is 0.667 bits per heavy atom. The van der Waals surface area contributed by atoms with Crippen LogP contribution >= 0.6 is 7.26 Å². The number of nitrogens with zero attached hydrogens (tertiary/aromatic N) is 1. The number of carbonyl (C=O) groups excluding carboxylic acids is 1. The molecule has 0 radical (unpaired) electrons. The number of piperidine rings is 1. The first-order valence-corrected chi connectivity index (χ1v) is 12.5. The van der Waals surface area contributed by atoms with Gasteiger partial charge in [0.05, 0.1) is 0 Å². The highest BCUT2D eigenvalue weighted by atomic mass is 79.9. The SMILES string of the molecule is O=C1C([P+](c2ccccc2)(c2ccccc2)c2ccccc2)CCCN1C1CC1.[Br-]. The number of benzene rings is 3. The first kappa shape index (κ1) is 21.3. The van der Waals surface area contributed by atoms with Crippen molar-refractivity contribution in [1.29, 1.82) is 0 Å². The van der Waals surface area contributed by atoms with Gasteiger partial charge in [-0.05, 0) is 62.1 Å². The van der Waals surface area contributed by atoms with Gasteiger partial charge in [-0.2, -0.15) is 0 Å². The Balaban J connectivity index is 0.00000218. The summed E-state index contributed by atoms with van der Waals surface area (Å²) >= 11 is 0. The van der Waals surface area contributed by atoms with Gasteiger partial charge in [0.1, 0.15) is 23.2 Å². The molecule has 5 rings (SSSR count). The monoisotopic (exact) mass is 479 g/mol. The largest absolute Gasteiger partial charge is 1.00 e. The van der Waals surface area contributed by atoms with Crippen LogP contribution in [0.5, 0.6) is 0 Å². The van der Waals surface area contributed by atoms with Crippen molar-refractivity contribution in [2.45, 2.75) is 37.4 Å². The summed E-state index contributed by atoms with van der Waals surface area (Å²) in [6, 6.07) is 33.0. The number of rotatable bonds is 5. The van der Waals surface area contributed by atoms with E-state index in [1.807, 2.05) is 0 Å². The predicted octanol–water partition coefficient (Wildman–Crippen LogP) is 1.14. The zero-order chi connectivity index (χ0) is 19.7. The molecule has 4 heteroatoms. The van der Waals surface area contributed by atoms with Crippen LogP contribution in [0.3, 0.4) is 0 Å². The van der Waals surface area contributed by atoms with Crippen LogP contribution in [0.4, 0.5) is 0 Å². The summed E-state index contributed by atoms with van der Waals surface area (Å²) in [5, 5.41) is 3.94. The Morgan fingerprint density at radius 2 is 1.10 bits per heavy atom. The summed E-state index contributed by atoms with van der Waals surface area (Å²) in [6.45, 7) is 0.929. The average Bonchev–Trinajstić information content (AvgIpc) is 3.63. The molecule has 0 bridgehead atoms. The van der Waals surface area contributed by atoms with E-state index < -0.39 is 7.26 Å². The fourth-order valence-corrected chi connectivity index (χ4v) is 9.92. The highest BCUT2D eigenvalue weighted by Gasteiger charge is 2.58. The molecule has 1 atom stereocenters. The van der Waals surface area contributed by atoms with Gasteiger partial charge in [-0.15, -0.1) is 0 Å². The van der Waals surface area contributed by atoms with Gasteiger partial charge in [0, 0.05) is 12.6 Å². The maximum Gasteiger partial charge on any atom is 0.264 e. The third-order valence-corrected chi connectivity index (χ3v) is 11.1. The predicted molar refractivity (Wildman–Crippen MR) is 123 cm³/mol. The van der Waals surface area contributed by atoms with Crippen LogP contribution in [0, 0.1) is 0 Å².